The molecule has 0 unspecified atom stereocenters. The molecule has 0 fully saturated rings. The van der Waals surface area contributed by atoms with Crippen molar-refractivity contribution in [3.8, 4) is 0 Å². The normalized spacial score (nSPS) is 9.95. The van der Waals surface area contributed by atoms with Crippen LogP contribution in [0.3, 0.4) is 0 Å². The minimum absolute atomic E-state index is 0.0629. The van der Waals surface area contributed by atoms with E-state index in [9.17, 15) is 4.79 Å². The Morgan fingerprint density at radius 2 is 1.86 bits per heavy atom. The van der Waals surface area contributed by atoms with E-state index in [-0.39, 0.29) is 5.91 Å². The van der Waals surface area contributed by atoms with Gasteiger partial charge in [0.15, 0.2) is 0 Å². The Kier molecular flexibility index (Phi) is 12.6. The highest BCUT2D eigenvalue weighted by atomic mass is 16.1. The van der Waals surface area contributed by atoms with Gasteiger partial charge in [0.1, 0.15) is 0 Å². The molecule has 21 heavy (non-hydrogen) atoms. The van der Waals surface area contributed by atoms with Gasteiger partial charge in [-0.1, -0.05) is 26.8 Å². The zero-order chi connectivity index (χ0) is 15.9. The summed E-state index contributed by atoms with van der Waals surface area (Å²) in [7, 11) is 0. The summed E-state index contributed by atoms with van der Waals surface area (Å²) >= 11 is 0. The first kappa shape index (κ1) is 19.6. The summed E-state index contributed by atoms with van der Waals surface area (Å²) in [5.74, 6) is 0.0629. The molecule has 1 heterocycles. The summed E-state index contributed by atoms with van der Waals surface area (Å²) < 4.78 is 0. The van der Waals surface area contributed by atoms with Gasteiger partial charge in [0.25, 0.3) is 0 Å². The summed E-state index contributed by atoms with van der Waals surface area (Å²) in [5.41, 5.74) is 1.30. The molecule has 1 aromatic heterocycles. The van der Waals surface area contributed by atoms with Crippen molar-refractivity contribution >= 4 is 5.91 Å². The van der Waals surface area contributed by atoms with Gasteiger partial charge in [0.2, 0.25) is 5.91 Å². The van der Waals surface area contributed by atoms with E-state index in [4.69, 9.17) is 0 Å². The van der Waals surface area contributed by atoms with E-state index >= 15 is 0 Å². The summed E-state index contributed by atoms with van der Waals surface area (Å²) in [6, 6.07) is 4.03. The van der Waals surface area contributed by atoms with Crippen molar-refractivity contribution in [3.63, 3.8) is 0 Å². The molecule has 120 valence electrons. The largest absolute Gasteiger partial charge is 0.355 e. The fraction of sp³-hybridized carbons (Fsp3) is 0.647. The molecule has 1 aromatic rings. The third-order valence-electron chi connectivity index (χ3n) is 3.01. The first-order chi connectivity index (χ1) is 10.1. The van der Waals surface area contributed by atoms with Crippen LogP contribution in [0.5, 0.6) is 0 Å². The average Bonchev–Trinajstić information content (AvgIpc) is 2.49. The number of hydrogen-bond donors (Lipinski definition) is 1. The van der Waals surface area contributed by atoms with E-state index in [0.717, 1.165) is 32.6 Å². The van der Waals surface area contributed by atoms with Crippen LogP contribution in [0.25, 0.3) is 0 Å². The molecular weight excluding hydrogens is 262 g/mol. The molecule has 0 bridgehead atoms. The number of carbonyl (C=O) groups is 1. The van der Waals surface area contributed by atoms with Gasteiger partial charge in [-0.3, -0.25) is 9.78 Å². The molecule has 0 aromatic carbocycles. The van der Waals surface area contributed by atoms with Crippen LogP contribution in [-0.2, 0) is 11.2 Å². The standard InChI is InChI=1S/C10H22N2O.C7H9N/c1-4-7-12(8-5-2)9-6-11-10(3)13;1-2-7-4-3-5-8-6-7/h4-9H2,1-3H3,(H,11,13);3-6H,2H2,1H3. The quantitative estimate of drug-likeness (QED) is 0.801. The topological polar surface area (TPSA) is 45.2 Å². The SMILES string of the molecule is CCCN(CCC)CCNC(C)=O.CCc1cccnc1. The smallest absolute Gasteiger partial charge is 0.216 e. The first-order valence-corrected chi connectivity index (χ1v) is 7.99. The van der Waals surface area contributed by atoms with E-state index < -0.39 is 0 Å². The van der Waals surface area contributed by atoms with Gasteiger partial charge in [-0.25, -0.2) is 0 Å². The molecule has 1 amide bonds. The van der Waals surface area contributed by atoms with Crippen LogP contribution in [-0.4, -0.2) is 42.0 Å². The highest BCUT2D eigenvalue weighted by molar-refractivity contribution is 5.72. The van der Waals surface area contributed by atoms with Gasteiger partial charge in [0, 0.05) is 32.4 Å². The van der Waals surface area contributed by atoms with E-state index in [1.807, 2.05) is 12.3 Å². The Labute approximate surface area is 130 Å². The van der Waals surface area contributed by atoms with Crippen molar-refractivity contribution in [1.29, 1.82) is 0 Å². The van der Waals surface area contributed by atoms with Gasteiger partial charge in [0.05, 0.1) is 0 Å². The molecule has 1 N–H and O–H groups in total. The highest BCUT2D eigenvalue weighted by Gasteiger charge is 2.01. The van der Waals surface area contributed by atoms with Crippen LogP contribution in [0, 0.1) is 0 Å². The Morgan fingerprint density at radius 3 is 2.24 bits per heavy atom. The fourth-order valence-corrected chi connectivity index (χ4v) is 1.97. The van der Waals surface area contributed by atoms with Crippen molar-refractivity contribution in [3.05, 3.63) is 30.1 Å². The van der Waals surface area contributed by atoms with Crippen molar-refractivity contribution < 1.29 is 4.79 Å². The van der Waals surface area contributed by atoms with Gasteiger partial charge in [-0.2, -0.15) is 0 Å². The molecule has 0 saturated heterocycles. The zero-order valence-corrected chi connectivity index (χ0v) is 14.1. The predicted octanol–water partition coefficient (Wildman–Crippen LogP) is 2.89. The first-order valence-electron chi connectivity index (χ1n) is 7.99. The fourth-order valence-electron chi connectivity index (χ4n) is 1.97. The van der Waals surface area contributed by atoms with Crippen LogP contribution in [0.2, 0.25) is 0 Å². The van der Waals surface area contributed by atoms with Crippen LogP contribution < -0.4 is 5.32 Å². The van der Waals surface area contributed by atoms with Crippen molar-refractivity contribution in [2.75, 3.05) is 26.2 Å². The lowest BCUT2D eigenvalue weighted by Gasteiger charge is -2.20. The monoisotopic (exact) mass is 293 g/mol. The summed E-state index contributed by atoms with van der Waals surface area (Å²) in [6.07, 6.45) is 7.12. The van der Waals surface area contributed by atoms with Crippen molar-refractivity contribution in [1.82, 2.24) is 15.2 Å². The van der Waals surface area contributed by atoms with E-state index in [1.54, 1.807) is 13.1 Å². The lowest BCUT2D eigenvalue weighted by Crippen LogP contribution is -2.34. The van der Waals surface area contributed by atoms with E-state index in [1.165, 1.54) is 18.4 Å². The third-order valence-corrected chi connectivity index (χ3v) is 3.01. The molecule has 0 aliphatic heterocycles. The highest BCUT2D eigenvalue weighted by Crippen LogP contribution is 1.94. The van der Waals surface area contributed by atoms with Gasteiger partial charge in [-0.05, 0) is 44.0 Å². The maximum Gasteiger partial charge on any atom is 0.216 e. The lowest BCUT2D eigenvalue weighted by molar-refractivity contribution is -0.119. The maximum absolute atomic E-state index is 10.6. The number of rotatable bonds is 8. The molecule has 0 spiro atoms. The number of nitrogens with one attached hydrogen (secondary N) is 1. The second-order valence-electron chi connectivity index (χ2n) is 5.04. The molecular formula is C17H31N3O. The maximum atomic E-state index is 10.6. The van der Waals surface area contributed by atoms with Gasteiger partial charge in [-0.15, -0.1) is 0 Å². The van der Waals surface area contributed by atoms with E-state index in [2.05, 4.69) is 42.0 Å². The van der Waals surface area contributed by atoms with Crippen LogP contribution in [0.4, 0.5) is 0 Å². The van der Waals surface area contributed by atoms with Crippen molar-refractivity contribution in [2.45, 2.75) is 47.0 Å². The number of aryl methyl sites for hydroxylation is 1. The van der Waals surface area contributed by atoms with Gasteiger partial charge < -0.3 is 10.2 Å². The molecule has 4 nitrogen and oxygen atoms in total. The molecule has 0 radical (unpaired) electrons. The number of aromatic nitrogens is 1. The number of hydrogen-bond acceptors (Lipinski definition) is 3. The minimum atomic E-state index is 0.0629. The van der Waals surface area contributed by atoms with Crippen LogP contribution in [0.15, 0.2) is 24.5 Å². The summed E-state index contributed by atoms with van der Waals surface area (Å²) in [6.45, 7) is 12.1. The molecule has 0 aliphatic rings. The second kappa shape index (κ2) is 13.6. The number of amides is 1. The Bertz CT molecular complexity index is 348. The number of carbonyl (C=O) groups excluding carboxylic acids is 1. The molecule has 0 aliphatic carbocycles. The minimum Gasteiger partial charge on any atom is -0.355 e. The zero-order valence-electron chi connectivity index (χ0n) is 14.1. The van der Waals surface area contributed by atoms with Gasteiger partial charge >= 0.3 is 0 Å². The van der Waals surface area contributed by atoms with E-state index in [0.29, 0.717) is 0 Å². The summed E-state index contributed by atoms with van der Waals surface area (Å²) in [5, 5.41) is 2.81. The Hall–Kier alpha value is -1.42. The Morgan fingerprint density at radius 1 is 1.19 bits per heavy atom. The predicted molar refractivity (Wildman–Crippen MR) is 89.3 cm³/mol. The number of nitrogens with zero attached hydrogens (tertiary/aromatic N) is 2. The third kappa shape index (κ3) is 12.1. The molecule has 1 rings (SSSR count). The van der Waals surface area contributed by atoms with Crippen molar-refractivity contribution in [2.24, 2.45) is 0 Å². The van der Waals surface area contributed by atoms with Crippen LogP contribution >= 0.6 is 0 Å². The lowest BCUT2D eigenvalue weighted by atomic mass is 10.2. The molecule has 4 heteroatoms. The Balaban J connectivity index is 0.000000423. The number of pyridine rings is 1. The molecule has 0 atom stereocenters. The van der Waals surface area contributed by atoms with Crippen LogP contribution in [0.1, 0.15) is 46.1 Å². The molecule has 0 saturated carbocycles. The second-order valence-corrected chi connectivity index (χ2v) is 5.04. The average molecular weight is 293 g/mol. The summed E-state index contributed by atoms with van der Waals surface area (Å²) in [4.78, 5) is 17.0.